The zero-order valence-corrected chi connectivity index (χ0v) is 22.0. The number of carbonyl (C=O) groups excluding carboxylic acids is 1. The van der Waals surface area contributed by atoms with Crippen molar-refractivity contribution >= 4 is 79.1 Å². The molecule has 1 heterocycles. The van der Waals surface area contributed by atoms with Gasteiger partial charge in [-0.25, -0.2) is 9.79 Å². The lowest BCUT2D eigenvalue weighted by Crippen LogP contribution is -2.06. The van der Waals surface area contributed by atoms with Crippen molar-refractivity contribution in [3.8, 4) is 5.75 Å². The molecule has 0 aromatic heterocycles. The Bertz CT molecular complexity index is 1170. The summed E-state index contributed by atoms with van der Waals surface area (Å²) in [6.07, 6.45) is 2.58. The molecule has 0 spiro atoms. The average molecular weight is 700 g/mol. The maximum absolute atomic E-state index is 12.3. The molecule has 0 radical (unpaired) electrons. The SMILES string of the molecule is O=C1OC(c2ccccc2Br)=N/C1=C\c1cc(I)c(OCCc2ccccc2)c(I)c1. The van der Waals surface area contributed by atoms with Crippen molar-refractivity contribution in [1.82, 2.24) is 0 Å². The molecule has 0 aliphatic carbocycles. The minimum Gasteiger partial charge on any atom is -0.491 e. The molecular weight excluding hydrogens is 684 g/mol. The van der Waals surface area contributed by atoms with Crippen molar-refractivity contribution in [3.05, 3.63) is 101 Å². The predicted molar refractivity (Wildman–Crippen MR) is 142 cm³/mol. The molecule has 0 amide bonds. The molecule has 0 bridgehead atoms. The van der Waals surface area contributed by atoms with Crippen molar-refractivity contribution in [3.63, 3.8) is 0 Å². The van der Waals surface area contributed by atoms with Crippen LogP contribution in [0.3, 0.4) is 0 Å². The minimum atomic E-state index is -0.459. The van der Waals surface area contributed by atoms with Gasteiger partial charge in [0.2, 0.25) is 5.90 Å². The van der Waals surface area contributed by atoms with E-state index in [9.17, 15) is 4.79 Å². The molecule has 7 heteroatoms. The lowest BCUT2D eigenvalue weighted by atomic mass is 10.1. The molecule has 0 saturated heterocycles. The van der Waals surface area contributed by atoms with E-state index in [2.05, 4.69) is 78.2 Å². The summed E-state index contributed by atoms with van der Waals surface area (Å²) in [5.74, 6) is 0.693. The number of halogens is 3. The molecule has 3 aromatic carbocycles. The van der Waals surface area contributed by atoms with Gasteiger partial charge in [0.25, 0.3) is 0 Å². The van der Waals surface area contributed by atoms with Gasteiger partial charge in [-0.2, -0.15) is 0 Å². The van der Waals surface area contributed by atoms with E-state index in [1.165, 1.54) is 5.56 Å². The lowest BCUT2D eigenvalue weighted by molar-refractivity contribution is -0.129. The molecular formula is C24H16BrI2NO3. The Balaban J connectivity index is 1.52. The van der Waals surface area contributed by atoms with Gasteiger partial charge in [0.1, 0.15) is 5.75 Å². The summed E-state index contributed by atoms with van der Waals surface area (Å²) >= 11 is 7.98. The molecule has 3 aromatic rings. The van der Waals surface area contributed by atoms with Gasteiger partial charge >= 0.3 is 5.97 Å². The van der Waals surface area contributed by atoms with Gasteiger partial charge in [-0.05, 0) is 103 Å². The highest BCUT2D eigenvalue weighted by Gasteiger charge is 2.25. The summed E-state index contributed by atoms with van der Waals surface area (Å²) in [5.41, 5.74) is 3.13. The molecule has 4 nitrogen and oxygen atoms in total. The summed E-state index contributed by atoms with van der Waals surface area (Å²) in [5, 5.41) is 0. The second kappa shape index (κ2) is 10.3. The standard InChI is InChI=1S/C24H16BrI2NO3/c25-18-9-5-4-8-17(18)23-28-21(24(29)31-23)14-16-12-19(26)22(20(27)13-16)30-11-10-15-6-2-1-3-7-15/h1-9,12-14H,10-11H2/b21-14-. The van der Waals surface area contributed by atoms with E-state index >= 15 is 0 Å². The summed E-state index contributed by atoms with van der Waals surface area (Å²) in [4.78, 5) is 16.7. The van der Waals surface area contributed by atoms with E-state index in [1.54, 1.807) is 6.08 Å². The van der Waals surface area contributed by atoms with E-state index in [-0.39, 0.29) is 5.70 Å². The van der Waals surface area contributed by atoms with E-state index in [1.807, 2.05) is 54.6 Å². The highest BCUT2D eigenvalue weighted by atomic mass is 127. The maximum Gasteiger partial charge on any atom is 0.363 e. The van der Waals surface area contributed by atoms with Crippen LogP contribution < -0.4 is 4.74 Å². The number of carbonyl (C=O) groups is 1. The highest BCUT2D eigenvalue weighted by molar-refractivity contribution is 14.1. The number of cyclic esters (lactones) is 1. The molecule has 1 aliphatic heterocycles. The molecule has 4 rings (SSSR count). The lowest BCUT2D eigenvalue weighted by Gasteiger charge is -2.11. The Morgan fingerprint density at radius 2 is 1.68 bits per heavy atom. The summed E-state index contributed by atoms with van der Waals surface area (Å²) in [7, 11) is 0. The first-order valence-electron chi connectivity index (χ1n) is 9.44. The zero-order chi connectivity index (χ0) is 21.8. The van der Waals surface area contributed by atoms with Gasteiger partial charge in [-0.1, -0.05) is 42.5 Å². The van der Waals surface area contributed by atoms with Gasteiger partial charge in [-0.3, -0.25) is 0 Å². The van der Waals surface area contributed by atoms with E-state index in [0.717, 1.165) is 34.9 Å². The third-order valence-electron chi connectivity index (χ3n) is 4.53. The van der Waals surface area contributed by atoms with Crippen LogP contribution in [0.25, 0.3) is 6.08 Å². The number of hydrogen-bond donors (Lipinski definition) is 0. The number of ether oxygens (including phenoxy) is 2. The smallest absolute Gasteiger partial charge is 0.363 e. The normalized spacial score (nSPS) is 14.5. The quantitative estimate of drug-likeness (QED) is 0.165. The Hall–Kier alpha value is -1.72. The predicted octanol–water partition coefficient (Wildman–Crippen LogP) is 6.62. The average Bonchev–Trinajstić information content (AvgIpc) is 3.11. The van der Waals surface area contributed by atoms with Gasteiger partial charge in [0, 0.05) is 10.9 Å². The van der Waals surface area contributed by atoms with Crippen LogP contribution in [0.4, 0.5) is 0 Å². The van der Waals surface area contributed by atoms with Crippen LogP contribution in [0, 0.1) is 7.14 Å². The number of nitrogens with zero attached hydrogens (tertiary/aromatic N) is 1. The molecule has 0 fully saturated rings. The first-order valence-corrected chi connectivity index (χ1v) is 12.4. The number of benzene rings is 3. The summed E-state index contributed by atoms with van der Waals surface area (Å²) < 4.78 is 14.2. The van der Waals surface area contributed by atoms with Gasteiger partial charge in [-0.15, -0.1) is 0 Å². The van der Waals surface area contributed by atoms with Crippen molar-refractivity contribution in [2.75, 3.05) is 6.61 Å². The van der Waals surface area contributed by atoms with E-state index in [0.29, 0.717) is 12.5 Å². The number of aliphatic imine (C=N–C) groups is 1. The van der Waals surface area contributed by atoms with Crippen LogP contribution in [-0.2, 0) is 16.0 Å². The minimum absolute atomic E-state index is 0.273. The Morgan fingerprint density at radius 1 is 1.00 bits per heavy atom. The van der Waals surface area contributed by atoms with Crippen LogP contribution in [0.5, 0.6) is 5.75 Å². The van der Waals surface area contributed by atoms with Crippen LogP contribution in [0.1, 0.15) is 16.7 Å². The zero-order valence-electron chi connectivity index (χ0n) is 16.1. The molecule has 156 valence electrons. The fourth-order valence-electron chi connectivity index (χ4n) is 3.03. The van der Waals surface area contributed by atoms with Crippen LogP contribution in [0.15, 0.2) is 81.9 Å². The highest BCUT2D eigenvalue weighted by Crippen LogP contribution is 2.31. The second-order valence-corrected chi connectivity index (χ2v) is 9.89. The third kappa shape index (κ3) is 5.56. The topological polar surface area (TPSA) is 47.9 Å². The summed E-state index contributed by atoms with van der Waals surface area (Å²) in [6.45, 7) is 0.600. The first-order chi connectivity index (χ1) is 15.0. The van der Waals surface area contributed by atoms with Gasteiger partial charge in [0.05, 0.1) is 19.3 Å². The van der Waals surface area contributed by atoms with E-state index in [4.69, 9.17) is 9.47 Å². The first kappa shape index (κ1) is 22.5. The summed E-state index contributed by atoms with van der Waals surface area (Å²) in [6, 6.07) is 21.7. The Labute approximate surface area is 216 Å². The molecule has 0 saturated carbocycles. The molecule has 0 N–H and O–H groups in total. The maximum atomic E-state index is 12.3. The monoisotopic (exact) mass is 699 g/mol. The number of rotatable bonds is 6. The van der Waals surface area contributed by atoms with Crippen molar-refractivity contribution in [1.29, 1.82) is 0 Å². The van der Waals surface area contributed by atoms with Crippen molar-refractivity contribution in [2.45, 2.75) is 6.42 Å². The van der Waals surface area contributed by atoms with Crippen molar-refractivity contribution < 1.29 is 14.3 Å². The van der Waals surface area contributed by atoms with Crippen LogP contribution >= 0.6 is 61.1 Å². The Kier molecular flexibility index (Phi) is 7.44. The molecule has 31 heavy (non-hydrogen) atoms. The number of esters is 1. The molecule has 0 atom stereocenters. The van der Waals surface area contributed by atoms with Gasteiger partial charge < -0.3 is 9.47 Å². The fraction of sp³-hybridized carbons (Fsp3) is 0.0833. The fourth-order valence-corrected chi connectivity index (χ4v) is 5.62. The molecule has 0 unspecified atom stereocenters. The van der Waals surface area contributed by atoms with Crippen LogP contribution in [-0.4, -0.2) is 18.5 Å². The Morgan fingerprint density at radius 3 is 2.39 bits per heavy atom. The van der Waals surface area contributed by atoms with Crippen LogP contribution in [0.2, 0.25) is 0 Å². The van der Waals surface area contributed by atoms with E-state index < -0.39 is 5.97 Å². The van der Waals surface area contributed by atoms with Crippen molar-refractivity contribution in [2.24, 2.45) is 4.99 Å². The number of hydrogen-bond acceptors (Lipinski definition) is 4. The van der Waals surface area contributed by atoms with Gasteiger partial charge in [0.15, 0.2) is 5.70 Å². The molecule has 1 aliphatic rings. The second-order valence-electron chi connectivity index (χ2n) is 6.71. The third-order valence-corrected chi connectivity index (χ3v) is 6.82. The largest absolute Gasteiger partial charge is 0.491 e.